The summed E-state index contributed by atoms with van der Waals surface area (Å²) in [5, 5.41) is 1.36. The average molecular weight is 434 g/mol. The van der Waals surface area contributed by atoms with Crippen LogP contribution in [0.5, 0.6) is 0 Å². The number of nitrogens with one attached hydrogen (secondary N) is 1. The van der Waals surface area contributed by atoms with Crippen molar-refractivity contribution in [3.05, 3.63) is 103 Å². The zero-order chi connectivity index (χ0) is 22.0. The van der Waals surface area contributed by atoms with E-state index in [0.29, 0.717) is 5.92 Å². The van der Waals surface area contributed by atoms with E-state index < -0.39 is 0 Å². The fraction of sp³-hybridized carbons (Fsp3) is 0.207. The normalized spacial score (nSPS) is 15.3. The Labute approximate surface area is 193 Å². The van der Waals surface area contributed by atoms with Crippen molar-refractivity contribution in [1.29, 1.82) is 0 Å². The largest absolute Gasteiger partial charge is 0.439 e. The summed E-state index contributed by atoms with van der Waals surface area (Å²) in [6.07, 6.45) is 4.51. The van der Waals surface area contributed by atoms with Crippen LogP contribution in [0.25, 0.3) is 33.5 Å². The number of hydrogen-bond acceptors (Lipinski definition) is 3. The van der Waals surface area contributed by atoms with Crippen LogP contribution in [0.15, 0.2) is 95.5 Å². The Kier molecular flexibility index (Phi) is 5.29. The molecule has 1 fully saturated rings. The first-order valence-electron chi connectivity index (χ1n) is 11.7. The molecule has 33 heavy (non-hydrogen) atoms. The summed E-state index contributed by atoms with van der Waals surface area (Å²) < 4.78 is 6.36. The third-order valence-electron chi connectivity index (χ3n) is 6.76. The van der Waals surface area contributed by atoms with Gasteiger partial charge in [0.05, 0.1) is 6.54 Å². The van der Waals surface area contributed by atoms with Gasteiger partial charge >= 0.3 is 0 Å². The van der Waals surface area contributed by atoms with Crippen molar-refractivity contribution < 1.29 is 4.42 Å². The molecule has 164 valence electrons. The smallest absolute Gasteiger partial charge is 0.209 e. The summed E-state index contributed by atoms with van der Waals surface area (Å²) in [4.78, 5) is 10.9. The Balaban J connectivity index is 1.21. The number of aromatic nitrogens is 2. The van der Waals surface area contributed by atoms with E-state index in [2.05, 4.69) is 64.6 Å². The predicted molar refractivity (Wildman–Crippen MR) is 133 cm³/mol. The predicted octanol–water partition coefficient (Wildman–Crippen LogP) is 6.87. The summed E-state index contributed by atoms with van der Waals surface area (Å²) in [5.74, 6) is 2.24. The van der Waals surface area contributed by atoms with Crippen molar-refractivity contribution in [1.82, 2.24) is 14.9 Å². The van der Waals surface area contributed by atoms with Gasteiger partial charge in [0.15, 0.2) is 5.76 Å². The van der Waals surface area contributed by atoms with Crippen LogP contribution in [0.4, 0.5) is 0 Å². The van der Waals surface area contributed by atoms with E-state index in [1.165, 1.54) is 16.5 Å². The van der Waals surface area contributed by atoms with Gasteiger partial charge < -0.3 is 9.40 Å². The third-order valence-corrected chi connectivity index (χ3v) is 6.76. The second-order valence-corrected chi connectivity index (χ2v) is 8.86. The lowest BCUT2D eigenvalue weighted by Gasteiger charge is -2.31. The number of aromatic amines is 1. The number of fused-ring (bicyclic) bond motifs is 1. The minimum Gasteiger partial charge on any atom is -0.439 e. The zero-order valence-electron chi connectivity index (χ0n) is 18.6. The lowest BCUT2D eigenvalue weighted by atomic mass is 9.89. The van der Waals surface area contributed by atoms with Crippen LogP contribution in [-0.4, -0.2) is 28.0 Å². The summed E-state index contributed by atoms with van der Waals surface area (Å²) in [6, 6.07) is 29.2. The van der Waals surface area contributed by atoms with Crippen molar-refractivity contribution in [2.24, 2.45) is 0 Å². The first-order valence-corrected chi connectivity index (χ1v) is 11.7. The van der Waals surface area contributed by atoms with Gasteiger partial charge in [-0.2, -0.15) is 0 Å². The van der Waals surface area contributed by atoms with Crippen LogP contribution < -0.4 is 0 Å². The first kappa shape index (κ1) is 20.0. The number of benzene rings is 3. The standard InChI is InChI=1S/C29H27N3O/c1-3-9-22(10-4-1)28-29(23-11-5-2-6-12-23)33-27(31-28)20-32-17-15-21(16-18-32)25-19-30-26-14-8-7-13-24(25)26/h1-14,19,21,30H,15-18,20H2. The molecule has 2 aromatic heterocycles. The van der Waals surface area contributed by atoms with Gasteiger partial charge in [0.1, 0.15) is 5.69 Å². The molecule has 0 atom stereocenters. The lowest BCUT2D eigenvalue weighted by molar-refractivity contribution is 0.188. The molecule has 6 rings (SSSR count). The number of hydrogen-bond donors (Lipinski definition) is 1. The summed E-state index contributed by atoms with van der Waals surface area (Å²) in [5.41, 5.74) is 5.76. The van der Waals surface area contributed by atoms with E-state index in [1.807, 2.05) is 36.4 Å². The molecule has 0 unspecified atom stereocenters. The van der Waals surface area contributed by atoms with E-state index in [-0.39, 0.29) is 0 Å². The molecule has 0 bridgehead atoms. The van der Waals surface area contributed by atoms with Gasteiger partial charge in [0.2, 0.25) is 5.89 Å². The van der Waals surface area contributed by atoms with Crippen LogP contribution in [0, 0.1) is 0 Å². The Bertz CT molecular complexity index is 1290. The molecule has 0 aliphatic carbocycles. The molecule has 4 nitrogen and oxygen atoms in total. The molecular weight excluding hydrogens is 406 g/mol. The zero-order valence-corrected chi connectivity index (χ0v) is 18.6. The first-order chi connectivity index (χ1) is 16.3. The summed E-state index contributed by atoms with van der Waals surface area (Å²) in [6.45, 7) is 2.84. The lowest BCUT2D eigenvalue weighted by Crippen LogP contribution is -2.32. The highest BCUT2D eigenvalue weighted by atomic mass is 16.4. The fourth-order valence-corrected chi connectivity index (χ4v) is 5.03. The number of oxazole rings is 1. The van der Waals surface area contributed by atoms with Crippen molar-refractivity contribution >= 4 is 10.9 Å². The SMILES string of the molecule is c1ccc(-c2nc(CN3CCC(c4c[nH]c5ccccc45)CC3)oc2-c2ccccc2)cc1. The maximum absolute atomic E-state index is 6.36. The summed E-state index contributed by atoms with van der Waals surface area (Å²) >= 11 is 0. The maximum Gasteiger partial charge on any atom is 0.209 e. The van der Waals surface area contributed by atoms with Crippen LogP contribution >= 0.6 is 0 Å². The van der Waals surface area contributed by atoms with Crippen LogP contribution in [0.1, 0.15) is 30.2 Å². The number of H-pyrrole nitrogens is 1. The van der Waals surface area contributed by atoms with Crippen molar-refractivity contribution in [2.75, 3.05) is 13.1 Å². The van der Waals surface area contributed by atoms with E-state index in [0.717, 1.165) is 60.9 Å². The number of nitrogens with zero attached hydrogens (tertiary/aromatic N) is 2. The summed E-state index contributed by atoms with van der Waals surface area (Å²) in [7, 11) is 0. The van der Waals surface area contributed by atoms with Crippen molar-refractivity contribution in [2.45, 2.75) is 25.3 Å². The molecule has 0 amide bonds. The maximum atomic E-state index is 6.36. The second-order valence-electron chi connectivity index (χ2n) is 8.86. The Morgan fingerprint density at radius 3 is 2.24 bits per heavy atom. The van der Waals surface area contributed by atoms with E-state index in [4.69, 9.17) is 9.40 Å². The molecule has 1 aliphatic heterocycles. The Morgan fingerprint density at radius 2 is 1.48 bits per heavy atom. The van der Waals surface area contributed by atoms with Crippen molar-refractivity contribution in [3.8, 4) is 22.6 Å². The van der Waals surface area contributed by atoms with Crippen LogP contribution in [-0.2, 0) is 6.54 Å². The van der Waals surface area contributed by atoms with Gasteiger partial charge in [-0.15, -0.1) is 0 Å². The molecule has 5 aromatic rings. The number of para-hydroxylation sites is 1. The van der Waals surface area contributed by atoms with Gasteiger partial charge in [-0.1, -0.05) is 78.9 Å². The molecular formula is C29H27N3O. The van der Waals surface area contributed by atoms with E-state index in [1.54, 1.807) is 0 Å². The highest BCUT2D eigenvalue weighted by Crippen LogP contribution is 2.35. The quantitative estimate of drug-likeness (QED) is 0.329. The van der Waals surface area contributed by atoms with Gasteiger partial charge in [-0.3, -0.25) is 4.90 Å². The average Bonchev–Trinajstić information content (AvgIpc) is 3.50. The molecule has 1 aliphatic rings. The van der Waals surface area contributed by atoms with Gasteiger partial charge in [0, 0.05) is 28.2 Å². The topological polar surface area (TPSA) is 45.1 Å². The number of rotatable bonds is 5. The minimum absolute atomic E-state index is 0.599. The highest BCUT2D eigenvalue weighted by molar-refractivity contribution is 5.83. The van der Waals surface area contributed by atoms with Crippen LogP contribution in [0.2, 0.25) is 0 Å². The molecule has 3 heterocycles. The molecule has 0 saturated carbocycles. The highest BCUT2D eigenvalue weighted by Gasteiger charge is 2.25. The van der Waals surface area contributed by atoms with Gasteiger partial charge in [-0.25, -0.2) is 4.98 Å². The molecule has 1 N–H and O–H groups in total. The van der Waals surface area contributed by atoms with E-state index in [9.17, 15) is 0 Å². The molecule has 0 spiro atoms. The van der Waals surface area contributed by atoms with Gasteiger partial charge in [-0.05, 0) is 43.5 Å². The Morgan fingerprint density at radius 1 is 0.818 bits per heavy atom. The minimum atomic E-state index is 0.599. The number of piperidine rings is 1. The fourth-order valence-electron chi connectivity index (χ4n) is 5.03. The second kappa shape index (κ2) is 8.72. The Hall–Kier alpha value is -3.63. The third kappa shape index (κ3) is 3.98. The van der Waals surface area contributed by atoms with Crippen molar-refractivity contribution in [3.63, 3.8) is 0 Å². The number of likely N-dealkylation sites (tertiary alicyclic amines) is 1. The van der Waals surface area contributed by atoms with Crippen LogP contribution in [0.3, 0.4) is 0 Å². The molecule has 1 saturated heterocycles. The molecule has 0 radical (unpaired) electrons. The molecule has 4 heteroatoms. The monoisotopic (exact) mass is 433 g/mol. The van der Waals surface area contributed by atoms with E-state index >= 15 is 0 Å². The molecule has 3 aromatic carbocycles. The van der Waals surface area contributed by atoms with Gasteiger partial charge in [0.25, 0.3) is 0 Å².